The highest BCUT2D eigenvalue weighted by Crippen LogP contribution is 2.13. The van der Waals surface area contributed by atoms with E-state index in [9.17, 15) is 0 Å². The molecule has 0 unspecified atom stereocenters. The van der Waals surface area contributed by atoms with Crippen molar-refractivity contribution in [3.63, 3.8) is 0 Å². The highest BCUT2D eigenvalue weighted by molar-refractivity contribution is 5.85. The molecule has 2 rings (SSSR count). The Hall–Kier alpha value is -1.95. The molecule has 0 fully saturated rings. The van der Waals surface area contributed by atoms with Crippen LogP contribution in [0.3, 0.4) is 0 Å². The van der Waals surface area contributed by atoms with Crippen molar-refractivity contribution in [2.75, 3.05) is 0 Å². The van der Waals surface area contributed by atoms with Crippen molar-refractivity contribution in [1.29, 1.82) is 5.26 Å². The molecular formula is C9H5N3. The van der Waals surface area contributed by atoms with Crippen LogP contribution < -0.4 is 0 Å². The highest BCUT2D eigenvalue weighted by atomic mass is 15.1. The van der Waals surface area contributed by atoms with Crippen LogP contribution in [-0.2, 0) is 0 Å². The summed E-state index contributed by atoms with van der Waals surface area (Å²) in [4.78, 5) is 0. The van der Waals surface area contributed by atoms with Gasteiger partial charge in [-0.2, -0.15) is 10.4 Å². The van der Waals surface area contributed by atoms with Gasteiger partial charge >= 0.3 is 0 Å². The third kappa shape index (κ3) is 0.903. The summed E-state index contributed by atoms with van der Waals surface area (Å²) in [6.45, 7) is 0. The van der Waals surface area contributed by atoms with E-state index in [4.69, 9.17) is 5.26 Å². The van der Waals surface area contributed by atoms with E-state index in [1.165, 1.54) is 0 Å². The van der Waals surface area contributed by atoms with Crippen LogP contribution in [0, 0.1) is 11.3 Å². The molecule has 0 radical (unpaired) electrons. The lowest BCUT2D eigenvalue weighted by Gasteiger charge is -1.94. The molecule has 0 amide bonds. The van der Waals surface area contributed by atoms with Gasteiger partial charge in [0.25, 0.3) is 0 Å². The maximum absolute atomic E-state index is 8.68. The normalized spacial score (nSPS) is 9.58. The summed E-state index contributed by atoms with van der Waals surface area (Å²) < 4.78 is 0. The van der Waals surface area contributed by atoms with Crippen LogP contribution in [-0.4, -0.2) is 10.2 Å². The zero-order valence-corrected chi connectivity index (χ0v) is 6.23. The average Bonchev–Trinajstić information content (AvgIpc) is 2.17. The molecule has 0 aliphatic carbocycles. The molecule has 3 nitrogen and oxygen atoms in total. The summed E-state index contributed by atoms with van der Waals surface area (Å²) in [7, 11) is 0. The van der Waals surface area contributed by atoms with Crippen LogP contribution in [0.1, 0.15) is 5.69 Å². The van der Waals surface area contributed by atoms with Crippen LogP contribution in [0.2, 0.25) is 0 Å². The second-order valence-electron chi connectivity index (χ2n) is 2.39. The van der Waals surface area contributed by atoms with E-state index in [1.54, 1.807) is 6.20 Å². The summed E-state index contributed by atoms with van der Waals surface area (Å²) in [5, 5.41) is 17.9. The van der Waals surface area contributed by atoms with Crippen molar-refractivity contribution in [2.24, 2.45) is 0 Å². The Bertz CT molecular complexity index is 451. The third-order valence-corrected chi connectivity index (χ3v) is 1.68. The minimum absolute atomic E-state index is 0.383. The van der Waals surface area contributed by atoms with Gasteiger partial charge in [-0.25, -0.2) is 0 Å². The Labute approximate surface area is 69.3 Å². The van der Waals surface area contributed by atoms with Gasteiger partial charge in [-0.05, 0) is 0 Å². The van der Waals surface area contributed by atoms with Gasteiger partial charge in [0.2, 0.25) is 0 Å². The highest BCUT2D eigenvalue weighted by Gasteiger charge is 1.99. The Morgan fingerprint density at radius 1 is 1.25 bits per heavy atom. The first-order chi connectivity index (χ1) is 5.92. The summed E-state index contributed by atoms with van der Waals surface area (Å²) in [5.74, 6) is 0. The Balaban J connectivity index is 2.91. The zero-order valence-electron chi connectivity index (χ0n) is 6.23. The van der Waals surface area contributed by atoms with Gasteiger partial charge in [0, 0.05) is 10.8 Å². The summed E-state index contributed by atoms with van der Waals surface area (Å²) in [6.07, 6.45) is 1.65. The lowest BCUT2D eigenvalue weighted by molar-refractivity contribution is 1.03. The second kappa shape index (κ2) is 2.59. The number of nitrogens with zero attached hydrogens (tertiary/aromatic N) is 3. The van der Waals surface area contributed by atoms with Crippen LogP contribution in [0.25, 0.3) is 10.8 Å². The molecule has 0 atom stereocenters. The van der Waals surface area contributed by atoms with Crippen LogP contribution >= 0.6 is 0 Å². The number of fused-ring (bicyclic) bond motifs is 1. The third-order valence-electron chi connectivity index (χ3n) is 1.68. The molecule has 2 aromatic rings. The van der Waals surface area contributed by atoms with Gasteiger partial charge < -0.3 is 0 Å². The monoisotopic (exact) mass is 155 g/mol. The minimum Gasteiger partial charge on any atom is -0.191 e. The molecule has 12 heavy (non-hydrogen) atoms. The fourth-order valence-corrected chi connectivity index (χ4v) is 1.11. The fraction of sp³-hybridized carbons (Fsp3) is 0. The number of hydrogen-bond acceptors (Lipinski definition) is 3. The lowest BCUT2D eigenvalue weighted by atomic mass is 10.1. The van der Waals surface area contributed by atoms with Gasteiger partial charge in [0.1, 0.15) is 6.07 Å². The maximum Gasteiger partial charge on any atom is 0.170 e. The molecule has 0 aliphatic rings. The number of benzene rings is 1. The van der Waals surface area contributed by atoms with Gasteiger partial charge in [-0.15, -0.1) is 5.10 Å². The van der Waals surface area contributed by atoms with Gasteiger partial charge in [-0.3, -0.25) is 0 Å². The van der Waals surface area contributed by atoms with Crippen molar-refractivity contribution in [2.45, 2.75) is 0 Å². The first kappa shape index (κ1) is 6.74. The number of nitriles is 1. The topological polar surface area (TPSA) is 49.6 Å². The molecule has 56 valence electrons. The molecule has 3 heteroatoms. The predicted octanol–water partition coefficient (Wildman–Crippen LogP) is 1.50. The van der Waals surface area contributed by atoms with Crippen molar-refractivity contribution < 1.29 is 0 Å². The Morgan fingerprint density at radius 2 is 2.08 bits per heavy atom. The lowest BCUT2D eigenvalue weighted by Crippen LogP contribution is -1.87. The molecule has 0 saturated carbocycles. The van der Waals surface area contributed by atoms with E-state index in [1.807, 2.05) is 30.3 Å². The van der Waals surface area contributed by atoms with E-state index in [2.05, 4.69) is 10.2 Å². The summed E-state index contributed by atoms with van der Waals surface area (Å²) >= 11 is 0. The first-order valence-corrected chi connectivity index (χ1v) is 3.52. The van der Waals surface area contributed by atoms with E-state index in [0.717, 1.165) is 10.8 Å². The van der Waals surface area contributed by atoms with E-state index in [-0.39, 0.29) is 0 Å². The standard InChI is InChI=1S/C9H5N3/c10-5-9-8-4-2-1-3-7(8)6-11-12-9/h1-4,6H. The minimum atomic E-state index is 0.383. The Morgan fingerprint density at radius 3 is 2.92 bits per heavy atom. The van der Waals surface area contributed by atoms with Crippen molar-refractivity contribution in [3.8, 4) is 6.07 Å². The summed E-state index contributed by atoms with van der Waals surface area (Å²) in [6, 6.07) is 9.56. The van der Waals surface area contributed by atoms with Crippen molar-refractivity contribution in [3.05, 3.63) is 36.2 Å². The zero-order chi connectivity index (χ0) is 8.39. The van der Waals surface area contributed by atoms with E-state index < -0.39 is 0 Å². The molecule has 1 heterocycles. The van der Waals surface area contributed by atoms with Crippen molar-refractivity contribution in [1.82, 2.24) is 10.2 Å². The van der Waals surface area contributed by atoms with Crippen LogP contribution in [0.5, 0.6) is 0 Å². The molecular weight excluding hydrogens is 150 g/mol. The molecule has 0 saturated heterocycles. The molecule has 0 aliphatic heterocycles. The predicted molar refractivity (Wildman–Crippen MR) is 44.3 cm³/mol. The molecule has 0 N–H and O–H groups in total. The van der Waals surface area contributed by atoms with Crippen LogP contribution in [0.4, 0.5) is 0 Å². The largest absolute Gasteiger partial charge is 0.191 e. The molecule has 1 aromatic heterocycles. The van der Waals surface area contributed by atoms with Crippen molar-refractivity contribution >= 4 is 10.8 Å². The number of rotatable bonds is 0. The number of hydrogen-bond donors (Lipinski definition) is 0. The smallest absolute Gasteiger partial charge is 0.170 e. The Kier molecular flexibility index (Phi) is 1.45. The summed E-state index contributed by atoms with van der Waals surface area (Å²) in [5.41, 5.74) is 0.383. The maximum atomic E-state index is 8.68. The fourth-order valence-electron chi connectivity index (χ4n) is 1.11. The molecule has 0 spiro atoms. The molecule has 1 aromatic carbocycles. The van der Waals surface area contributed by atoms with E-state index >= 15 is 0 Å². The average molecular weight is 155 g/mol. The van der Waals surface area contributed by atoms with Gasteiger partial charge in [-0.1, -0.05) is 24.3 Å². The molecule has 0 bridgehead atoms. The second-order valence-corrected chi connectivity index (χ2v) is 2.39. The van der Waals surface area contributed by atoms with Crippen LogP contribution in [0.15, 0.2) is 30.5 Å². The van der Waals surface area contributed by atoms with Gasteiger partial charge in [0.05, 0.1) is 6.20 Å². The van der Waals surface area contributed by atoms with E-state index in [0.29, 0.717) is 5.69 Å². The number of aromatic nitrogens is 2. The first-order valence-electron chi connectivity index (χ1n) is 3.52. The van der Waals surface area contributed by atoms with Gasteiger partial charge in [0.15, 0.2) is 5.69 Å². The SMILES string of the molecule is N#Cc1nncc2ccccc12. The quantitative estimate of drug-likeness (QED) is 0.579.